The van der Waals surface area contributed by atoms with Crippen LogP contribution < -0.4 is 5.32 Å². The first-order valence-corrected chi connectivity index (χ1v) is 7.81. The van der Waals surface area contributed by atoms with Crippen molar-refractivity contribution >= 4 is 16.9 Å². The first kappa shape index (κ1) is 15.3. The Labute approximate surface area is 135 Å². The van der Waals surface area contributed by atoms with E-state index < -0.39 is 0 Å². The van der Waals surface area contributed by atoms with E-state index in [2.05, 4.69) is 10.3 Å². The predicted octanol–water partition coefficient (Wildman–Crippen LogP) is 3.51. The molecule has 0 unspecified atom stereocenters. The Balaban J connectivity index is 1.65. The molecule has 2 aromatic heterocycles. The van der Waals surface area contributed by atoms with Crippen LogP contribution in [0.15, 0.2) is 41.1 Å². The van der Waals surface area contributed by atoms with Crippen LogP contribution in [0, 0.1) is 13.8 Å². The van der Waals surface area contributed by atoms with E-state index in [0.717, 1.165) is 28.1 Å². The van der Waals surface area contributed by atoms with E-state index in [9.17, 15) is 4.79 Å². The number of aromatic nitrogens is 2. The van der Waals surface area contributed by atoms with Gasteiger partial charge in [-0.25, -0.2) is 4.98 Å². The molecule has 1 atom stereocenters. The molecule has 0 spiro atoms. The first-order chi connectivity index (χ1) is 11.1. The van der Waals surface area contributed by atoms with Crippen LogP contribution in [0.25, 0.3) is 11.0 Å². The molecule has 2 heterocycles. The van der Waals surface area contributed by atoms with E-state index in [1.54, 1.807) is 6.20 Å². The summed E-state index contributed by atoms with van der Waals surface area (Å²) in [7, 11) is 0. The van der Waals surface area contributed by atoms with Gasteiger partial charge in [0, 0.05) is 36.3 Å². The van der Waals surface area contributed by atoms with Crippen LogP contribution >= 0.6 is 0 Å². The van der Waals surface area contributed by atoms with E-state index in [1.807, 2.05) is 55.8 Å². The second kappa shape index (κ2) is 6.28. The number of benzene rings is 1. The van der Waals surface area contributed by atoms with E-state index in [-0.39, 0.29) is 11.9 Å². The topological polar surface area (TPSA) is 60.1 Å². The molecule has 0 saturated heterocycles. The summed E-state index contributed by atoms with van der Waals surface area (Å²) in [5.41, 5.74) is 1.94. The van der Waals surface area contributed by atoms with Crippen LogP contribution in [-0.2, 0) is 11.3 Å². The molecule has 3 rings (SSSR count). The van der Waals surface area contributed by atoms with E-state index in [1.165, 1.54) is 0 Å². The number of rotatable bonds is 5. The largest absolute Gasteiger partial charge is 0.459 e. The van der Waals surface area contributed by atoms with E-state index in [4.69, 9.17) is 4.42 Å². The van der Waals surface area contributed by atoms with Gasteiger partial charge in [0.25, 0.3) is 0 Å². The number of carbonyl (C=O) groups excluding carboxylic acids is 1. The highest BCUT2D eigenvalue weighted by Gasteiger charge is 2.18. The number of fused-ring (bicyclic) bond motifs is 1. The minimum Gasteiger partial charge on any atom is -0.459 e. The van der Waals surface area contributed by atoms with Gasteiger partial charge in [0.1, 0.15) is 17.2 Å². The molecular formula is C18H21N3O2. The molecule has 0 radical (unpaired) electrons. The van der Waals surface area contributed by atoms with Crippen molar-refractivity contribution in [1.29, 1.82) is 0 Å². The zero-order valence-corrected chi connectivity index (χ0v) is 13.7. The maximum Gasteiger partial charge on any atom is 0.222 e. The minimum atomic E-state index is -0.154. The third-order valence-electron chi connectivity index (χ3n) is 4.15. The Morgan fingerprint density at radius 2 is 2.13 bits per heavy atom. The summed E-state index contributed by atoms with van der Waals surface area (Å²) < 4.78 is 7.87. The lowest BCUT2D eigenvalue weighted by Crippen LogP contribution is -2.27. The molecule has 5 nitrogen and oxygen atoms in total. The van der Waals surface area contributed by atoms with Gasteiger partial charge in [0.2, 0.25) is 5.91 Å². The van der Waals surface area contributed by atoms with Crippen LogP contribution in [0.1, 0.15) is 36.5 Å². The van der Waals surface area contributed by atoms with Crippen molar-refractivity contribution in [2.45, 2.75) is 39.8 Å². The predicted molar refractivity (Wildman–Crippen MR) is 89.1 cm³/mol. The molecular weight excluding hydrogens is 290 g/mol. The monoisotopic (exact) mass is 311 g/mol. The molecule has 0 aliphatic rings. The van der Waals surface area contributed by atoms with Gasteiger partial charge in [-0.15, -0.1) is 0 Å². The van der Waals surface area contributed by atoms with Crippen molar-refractivity contribution < 1.29 is 9.21 Å². The molecule has 1 N–H and O–H groups in total. The maximum atomic E-state index is 12.2. The van der Waals surface area contributed by atoms with Crippen LogP contribution in [0.5, 0.6) is 0 Å². The van der Waals surface area contributed by atoms with Gasteiger partial charge < -0.3 is 14.3 Å². The normalized spacial score (nSPS) is 12.5. The number of para-hydroxylation sites is 1. The Morgan fingerprint density at radius 3 is 2.83 bits per heavy atom. The van der Waals surface area contributed by atoms with Gasteiger partial charge in [0.05, 0.1) is 6.04 Å². The zero-order chi connectivity index (χ0) is 16.4. The lowest BCUT2D eigenvalue weighted by atomic mass is 10.1. The average molecular weight is 311 g/mol. The minimum absolute atomic E-state index is 0.00505. The Morgan fingerprint density at radius 1 is 1.35 bits per heavy atom. The number of carbonyl (C=O) groups is 1. The van der Waals surface area contributed by atoms with Gasteiger partial charge in [0.15, 0.2) is 0 Å². The van der Waals surface area contributed by atoms with Crippen LogP contribution in [0.2, 0.25) is 0 Å². The fraction of sp³-hybridized carbons (Fsp3) is 0.333. The Kier molecular flexibility index (Phi) is 4.19. The number of aryl methyl sites for hydroxylation is 3. The number of imidazole rings is 1. The number of nitrogens with zero attached hydrogens (tertiary/aromatic N) is 2. The zero-order valence-electron chi connectivity index (χ0n) is 13.7. The van der Waals surface area contributed by atoms with E-state index >= 15 is 0 Å². The standard InChI is InChI=1S/C18H21N3O2/c1-12-15-6-4-5-7-16(15)23-18(12)13(2)20-17(22)8-10-21-11-9-19-14(21)3/h4-7,9,11,13H,8,10H2,1-3H3,(H,20,22)/t13-/m0/s1. The van der Waals surface area contributed by atoms with Crippen molar-refractivity contribution in [1.82, 2.24) is 14.9 Å². The number of amides is 1. The number of hydrogen-bond donors (Lipinski definition) is 1. The van der Waals surface area contributed by atoms with Gasteiger partial charge >= 0.3 is 0 Å². The number of hydrogen-bond acceptors (Lipinski definition) is 3. The molecule has 1 aromatic carbocycles. The lowest BCUT2D eigenvalue weighted by Gasteiger charge is -2.13. The molecule has 120 valence electrons. The quantitative estimate of drug-likeness (QED) is 0.784. The number of furan rings is 1. The molecule has 0 saturated carbocycles. The van der Waals surface area contributed by atoms with Crippen LogP contribution in [0.4, 0.5) is 0 Å². The summed E-state index contributed by atoms with van der Waals surface area (Å²) in [5, 5.41) is 4.11. The summed E-state index contributed by atoms with van der Waals surface area (Å²) in [6, 6.07) is 7.77. The van der Waals surface area contributed by atoms with Crippen molar-refractivity contribution in [3.05, 3.63) is 53.8 Å². The molecule has 5 heteroatoms. The Bertz CT molecular complexity index is 832. The Hall–Kier alpha value is -2.56. The van der Waals surface area contributed by atoms with Crippen LogP contribution in [0.3, 0.4) is 0 Å². The summed E-state index contributed by atoms with van der Waals surface area (Å²) in [6.45, 7) is 6.53. The average Bonchev–Trinajstić information content (AvgIpc) is 3.09. The fourth-order valence-electron chi connectivity index (χ4n) is 2.85. The highest BCUT2D eigenvalue weighted by Crippen LogP contribution is 2.29. The SMILES string of the molecule is Cc1c([C@H](C)NC(=O)CCn2ccnc2C)oc2ccccc12. The second-order valence-electron chi connectivity index (χ2n) is 5.79. The smallest absolute Gasteiger partial charge is 0.222 e. The number of nitrogens with one attached hydrogen (secondary N) is 1. The molecule has 23 heavy (non-hydrogen) atoms. The fourth-order valence-corrected chi connectivity index (χ4v) is 2.85. The molecule has 0 fully saturated rings. The summed E-state index contributed by atoms with van der Waals surface area (Å²) in [6.07, 6.45) is 4.05. The van der Waals surface area contributed by atoms with E-state index in [0.29, 0.717) is 13.0 Å². The molecule has 1 amide bonds. The van der Waals surface area contributed by atoms with Crippen LogP contribution in [-0.4, -0.2) is 15.5 Å². The van der Waals surface area contributed by atoms with Gasteiger partial charge in [-0.2, -0.15) is 0 Å². The third kappa shape index (κ3) is 3.13. The van der Waals surface area contributed by atoms with Crippen molar-refractivity contribution in [3.8, 4) is 0 Å². The third-order valence-corrected chi connectivity index (χ3v) is 4.15. The molecule has 0 aliphatic carbocycles. The van der Waals surface area contributed by atoms with Crippen molar-refractivity contribution in [2.75, 3.05) is 0 Å². The van der Waals surface area contributed by atoms with Crippen molar-refractivity contribution in [2.24, 2.45) is 0 Å². The summed E-state index contributed by atoms with van der Waals surface area (Å²) in [4.78, 5) is 16.3. The molecule has 3 aromatic rings. The molecule has 0 aliphatic heterocycles. The highest BCUT2D eigenvalue weighted by atomic mass is 16.3. The summed E-state index contributed by atoms with van der Waals surface area (Å²) >= 11 is 0. The second-order valence-corrected chi connectivity index (χ2v) is 5.79. The first-order valence-electron chi connectivity index (χ1n) is 7.81. The van der Waals surface area contributed by atoms with Gasteiger partial charge in [-0.1, -0.05) is 18.2 Å². The van der Waals surface area contributed by atoms with Gasteiger partial charge in [-0.05, 0) is 26.8 Å². The molecule has 0 bridgehead atoms. The van der Waals surface area contributed by atoms with Gasteiger partial charge in [-0.3, -0.25) is 4.79 Å². The maximum absolute atomic E-state index is 12.2. The highest BCUT2D eigenvalue weighted by molar-refractivity contribution is 5.82. The van der Waals surface area contributed by atoms with Crippen molar-refractivity contribution in [3.63, 3.8) is 0 Å². The lowest BCUT2D eigenvalue weighted by molar-refractivity contribution is -0.122. The summed E-state index contributed by atoms with van der Waals surface area (Å²) in [5.74, 6) is 1.74.